The van der Waals surface area contributed by atoms with Gasteiger partial charge in [-0.15, -0.1) is 0 Å². The summed E-state index contributed by atoms with van der Waals surface area (Å²) in [6, 6.07) is 25.0. The maximum atomic E-state index is 13.5. The topological polar surface area (TPSA) is 112 Å². The molecule has 1 amide bonds. The Hall–Kier alpha value is -5.70. The third-order valence-corrected chi connectivity index (χ3v) is 6.69. The number of anilines is 1. The van der Waals surface area contributed by atoms with Crippen LogP contribution >= 0.6 is 0 Å². The number of imidazole rings is 1. The van der Waals surface area contributed by atoms with Crippen molar-refractivity contribution in [3.05, 3.63) is 115 Å². The van der Waals surface area contributed by atoms with E-state index in [0.29, 0.717) is 33.9 Å². The van der Waals surface area contributed by atoms with E-state index in [4.69, 9.17) is 4.98 Å². The Morgan fingerprint density at radius 3 is 2.52 bits per heavy atom. The summed E-state index contributed by atoms with van der Waals surface area (Å²) < 4.78 is 13.5. The molecule has 0 unspecified atom stereocenters. The Labute approximate surface area is 227 Å². The van der Waals surface area contributed by atoms with E-state index in [2.05, 4.69) is 30.5 Å². The maximum Gasteiger partial charge on any atom is 0.255 e. The Morgan fingerprint density at radius 1 is 0.850 bits per heavy atom. The Balaban J connectivity index is 1.25. The van der Waals surface area contributed by atoms with Crippen LogP contribution in [0.4, 0.5) is 10.1 Å². The minimum atomic E-state index is -0.296. The first-order valence-electron chi connectivity index (χ1n) is 12.5. The van der Waals surface area contributed by atoms with Crippen LogP contribution in [-0.4, -0.2) is 36.0 Å². The molecule has 3 aromatic carbocycles. The number of aromatic nitrogens is 6. The molecule has 40 heavy (non-hydrogen) atoms. The maximum absolute atomic E-state index is 13.5. The van der Waals surface area contributed by atoms with Gasteiger partial charge in [0.05, 0.1) is 17.4 Å². The molecular formula is C31H20FN7O. The number of nitrogens with one attached hydrogen (secondary N) is 3. The number of amides is 1. The molecule has 8 nitrogen and oxygen atoms in total. The van der Waals surface area contributed by atoms with Crippen LogP contribution in [0.3, 0.4) is 0 Å². The molecule has 7 aromatic rings. The summed E-state index contributed by atoms with van der Waals surface area (Å²) in [5, 5.41) is 11.4. The van der Waals surface area contributed by atoms with Crippen LogP contribution in [0.2, 0.25) is 0 Å². The SMILES string of the molecule is O=C(Nc1cncc(-c2ccc3[nH]nc(-c4nc5c(-c6ccc(F)cc6)ccnc5[nH]4)c3c2)c1)c1ccccc1. The number of hydrogen-bond acceptors (Lipinski definition) is 5. The van der Waals surface area contributed by atoms with Crippen LogP contribution in [0.1, 0.15) is 10.4 Å². The highest BCUT2D eigenvalue weighted by Gasteiger charge is 2.17. The second-order valence-electron chi connectivity index (χ2n) is 9.26. The second-order valence-corrected chi connectivity index (χ2v) is 9.26. The highest BCUT2D eigenvalue weighted by molar-refractivity contribution is 6.04. The van der Waals surface area contributed by atoms with E-state index >= 15 is 0 Å². The standard InChI is InChI=1S/C31H20FN7O/c32-22-9-6-18(7-10-22)24-12-13-34-29-27(24)36-30(37-29)28-25-15-20(8-11-26(25)38-39-28)21-14-23(17-33-16-21)35-31(40)19-4-2-1-3-5-19/h1-17H,(H,35,40)(H,38,39)(H,34,36,37). The minimum Gasteiger partial charge on any atom is -0.321 e. The number of fused-ring (bicyclic) bond motifs is 2. The van der Waals surface area contributed by atoms with Gasteiger partial charge < -0.3 is 10.3 Å². The molecule has 0 fully saturated rings. The van der Waals surface area contributed by atoms with Crippen LogP contribution in [0.5, 0.6) is 0 Å². The number of benzene rings is 3. The third-order valence-electron chi connectivity index (χ3n) is 6.69. The van der Waals surface area contributed by atoms with Crippen molar-refractivity contribution in [3.8, 4) is 33.8 Å². The number of carbonyl (C=O) groups is 1. The normalized spacial score (nSPS) is 11.2. The lowest BCUT2D eigenvalue weighted by molar-refractivity contribution is 0.102. The summed E-state index contributed by atoms with van der Waals surface area (Å²) >= 11 is 0. The number of carbonyl (C=O) groups excluding carboxylic acids is 1. The summed E-state index contributed by atoms with van der Waals surface area (Å²) in [5.74, 6) is 0.0583. The molecule has 9 heteroatoms. The van der Waals surface area contributed by atoms with E-state index in [1.807, 2.05) is 48.5 Å². The Kier molecular flexibility index (Phi) is 5.59. The Bertz CT molecular complexity index is 2010. The van der Waals surface area contributed by atoms with Gasteiger partial charge in [-0.25, -0.2) is 14.4 Å². The Morgan fingerprint density at radius 2 is 1.68 bits per heavy atom. The molecular weight excluding hydrogens is 505 g/mol. The lowest BCUT2D eigenvalue weighted by atomic mass is 10.0. The van der Waals surface area contributed by atoms with Crippen molar-refractivity contribution in [2.75, 3.05) is 5.32 Å². The van der Waals surface area contributed by atoms with E-state index in [-0.39, 0.29) is 11.7 Å². The smallest absolute Gasteiger partial charge is 0.255 e. The zero-order chi connectivity index (χ0) is 27.1. The number of hydrogen-bond donors (Lipinski definition) is 3. The number of pyridine rings is 2. The zero-order valence-electron chi connectivity index (χ0n) is 20.9. The molecule has 0 saturated carbocycles. The van der Waals surface area contributed by atoms with Gasteiger partial charge in [0.1, 0.15) is 17.0 Å². The van der Waals surface area contributed by atoms with Crippen LogP contribution < -0.4 is 5.32 Å². The molecule has 7 rings (SSSR count). The molecule has 0 aliphatic heterocycles. The van der Waals surface area contributed by atoms with Gasteiger partial charge in [-0.2, -0.15) is 5.10 Å². The first-order chi connectivity index (χ1) is 19.6. The molecule has 0 spiro atoms. The van der Waals surface area contributed by atoms with Crippen molar-refractivity contribution in [3.63, 3.8) is 0 Å². The summed E-state index contributed by atoms with van der Waals surface area (Å²) in [7, 11) is 0. The van der Waals surface area contributed by atoms with E-state index in [1.165, 1.54) is 12.1 Å². The third kappa shape index (κ3) is 4.25. The van der Waals surface area contributed by atoms with Gasteiger partial charge in [-0.05, 0) is 59.7 Å². The molecule has 0 aliphatic rings. The van der Waals surface area contributed by atoms with E-state index in [1.54, 1.807) is 42.9 Å². The molecule has 192 valence electrons. The van der Waals surface area contributed by atoms with Crippen molar-refractivity contribution in [2.24, 2.45) is 0 Å². The zero-order valence-corrected chi connectivity index (χ0v) is 20.9. The first-order valence-corrected chi connectivity index (χ1v) is 12.5. The summed E-state index contributed by atoms with van der Waals surface area (Å²) in [6.07, 6.45) is 5.06. The number of aromatic amines is 2. The summed E-state index contributed by atoms with van der Waals surface area (Å²) in [5.41, 5.74) is 7.34. The van der Waals surface area contributed by atoms with Gasteiger partial charge in [0.25, 0.3) is 5.91 Å². The van der Waals surface area contributed by atoms with Gasteiger partial charge in [-0.3, -0.25) is 14.9 Å². The van der Waals surface area contributed by atoms with E-state index < -0.39 is 0 Å². The molecule has 0 bridgehead atoms. The van der Waals surface area contributed by atoms with Crippen molar-refractivity contribution in [1.29, 1.82) is 0 Å². The lowest BCUT2D eigenvalue weighted by Crippen LogP contribution is -2.11. The fraction of sp³-hybridized carbons (Fsp3) is 0. The number of H-pyrrole nitrogens is 2. The lowest BCUT2D eigenvalue weighted by Gasteiger charge is -2.08. The fourth-order valence-electron chi connectivity index (χ4n) is 4.72. The van der Waals surface area contributed by atoms with Crippen molar-refractivity contribution >= 4 is 33.7 Å². The number of nitrogens with zero attached hydrogens (tertiary/aromatic N) is 4. The average Bonchev–Trinajstić information content (AvgIpc) is 3.62. The molecule has 0 radical (unpaired) electrons. The minimum absolute atomic E-state index is 0.203. The molecule has 0 aliphatic carbocycles. The first kappa shape index (κ1) is 23.4. The van der Waals surface area contributed by atoms with E-state index in [0.717, 1.165) is 33.2 Å². The predicted molar refractivity (Wildman–Crippen MR) is 152 cm³/mol. The molecule has 4 aromatic heterocycles. The second kappa shape index (κ2) is 9.55. The van der Waals surface area contributed by atoms with Crippen molar-refractivity contribution in [2.45, 2.75) is 0 Å². The fourth-order valence-corrected chi connectivity index (χ4v) is 4.72. The van der Waals surface area contributed by atoms with Crippen LogP contribution in [0.15, 0.2) is 104 Å². The van der Waals surface area contributed by atoms with Gasteiger partial charge >= 0.3 is 0 Å². The average molecular weight is 526 g/mol. The van der Waals surface area contributed by atoms with Crippen LogP contribution in [-0.2, 0) is 0 Å². The van der Waals surface area contributed by atoms with Gasteiger partial charge in [0.2, 0.25) is 0 Å². The summed E-state index contributed by atoms with van der Waals surface area (Å²) in [4.78, 5) is 29.5. The van der Waals surface area contributed by atoms with E-state index in [9.17, 15) is 9.18 Å². The predicted octanol–water partition coefficient (Wildman–Crippen LogP) is 6.62. The van der Waals surface area contributed by atoms with Crippen LogP contribution in [0, 0.1) is 5.82 Å². The molecule has 0 saturated heterocycles. The van der Waals surface area contributed by atoms with Gasteiger partial charge in [0, 0.05) is 34.5 Å². The molecule has 4 heterocycles. The highest BCUT2D eigenvalue weighted by Crippen LogP contribution is 2.33. The highest BCUT2D eigenvalue weighted by atomic mass is 19.1. The number of halogens is 1. The molecule has 3 N–H and O–H groups in total. The quantitative estimate of drug-likeness (QED) is 0.234. The largest absolute Gasteiger partial charge is 0.321 e. The van der Waals surface area contributed by atoms with Crippen LogP contribution in [0.25, 0.3) is 55.8 Å². The summed E-state index contributed by atoms with van der Waals surface area (Å²) in [6.45, 7) is 0. The van der Waals surface area contributed by atoms with Crippen molar-refractivity contribution in [1.82, 2.24) is 30.1 Å². The van der Waals surface area contributed by atoms with Gasteiger partial charge in [-0.1, -0.05) is 36.4 Å². The van der Waals surface area contributed by atoms with Gasteiger partial charge in [0.15, 0.2) is 11.5 Å². The number of rotatable bonds is 5. The van der Waals surface area contributed by atoms with Crippen molar-refractivity contribution < 1.29 is 9.18 Å². The molecule has 0 atom stereocenters. The monoisotopic (exact) mass is 525 g/mol.